The van der Waals surface area contributed by atoms with Crippen molar-refractivity contribution in [3.05, 3.63) is 222 Å². The molecule has 0 spiro atoms. The minimum atomic E-state index is -0.119. The Morgan fingerprint density at radius 1 is 0.339 bits per heavy atom. The van der Waals surface area contributed by atoms with Gasteiger partial charge in [0.05, 0.1) is 5.69 Å². The topological polar surface area (TPSA) is 16.4 Å². The van der Waals surface area contributed by atoms with Gasteiger partial charge >= 0.3 is 0 Å². The van der Waals surface area contributed by atoms with E-state index in [4.69, 9.17) is 4.42 Å². The smallest absolute Gasteiger partial charge is 0.135 e. The van der Waals surface area contributed by atoms with Crippen LogP contribution in [0, 0.1) is 0 Å². The van der Waals surface area contributed by atoms with Crippen LogP contribution >= 0.6 is 0 Å². The molecule has 0 N–H and O–H groups in total. The van der Waals surface area contributed by atoms with E-state index in [0.29, 0.717) is 0 Å². The molecule has 2 aliphatic rings. The van der Waals surface area contributed by atoms with Gasteiger partial charge in [-0.1, -0.05) is 167 Å². The van der Waals surface area contributed by atoms with Gasteiger partial charge in [0.1, 0.15) is 11.2 Å². The second-order valence-electron chi connectivity index (χ2n) is 18.1. The van der Waals surface area contributed by atoms with E-state index in [1.807, 2.05) is 12.1 Å². The van der Waals surface area contributed by atoms with Crippen LogP contribution < -0.4 is 4.90 Å². The second kappa shape index (κ2) is 13.5. The van der Waals surface area contributed by atoms with Gasteiger partial charge in [0.25, 0.3) is 0 Å². The highest BCUT2D eigenvalue weighted by Gasteiger charge is 2.38. The summed E-state index contributed by atoms with van der Waals surface area (Å²) in [6.45, 7) is 9.45. The van der Waals surface area contributed by atoms with E-state index in [-0.39, 0.29) is 10.8 Å². The standard InChI is InChI=1S/C60H45NO/c1-59(2)51-20-10-8-19-48(51)58-53(59)21-13-22-55(58)61(44-29-24-39(25-30-44)41-28-33-57-50(36-41)47-18-9-11-23-56(47)62-57)45-17-12-16-40(34-45)42-27-32-52-49(35-42)46-31-26-43(37-54(46)60(52,3)4)38-14-6-5-7-15-38/h5-37H,1-4H3. The number of nitrogens with zero attached hydrogens (tertiary/aromatic N) is 1. The van der Waals surface area contributed by atoms with Crippen molar-refractivity contribution >= 4 is 39.0 Å². The number of benzene rings is 9. The van der Waals surface area contributed by atoms with Gasteiger partial charge in [-0.3, -0.25) is 0 Å². The number of rotatable bonds is 6. The van der Waals surface area contributed by atoms with E-state index in [9.17, 15) is 0 Å². The molecule has 2 nitrogen and oxygen atoms in total. The summed E-state index contributed by atoms with van der Waals surface area (Å²) in [5.74, 6) is 0. The third-order valence-electron chi connectivity index (χ3n) is 13.9. The van der Waals surface area contributed by atoms with Gasteiger partial charge in [-0.05, 0) is 133 Å². The lowest BCUT2D eigenvalue weighted by molar-refractivity contribution is 0.660. The molecule has 0 fully saturated rings. The van der Waals surface area contributed by atoms with Crippen LogP contribution in [0.3, 0.4) is 0 Å². The summed E-state index contributed by atoms with van der Waals surface area (Å²) in [5, 5.41) is 2.28. The van der Waals surface area contributed by atoms with Crippen molar-refractivity contribution < 1.29 is 4.42 Å². The van der Waals surface area contributed by atoms with Crippen molar-refractivity contribution in [2.75, 3.05) is 4.90 Å². The van der Waals surface area contributed by atoms with Gasteiger partial charge in [0.15, 0.2) is 0 Å². The van der Waals surface area contributed by atoms with Gasteiger partial charge in [-0.25, -0.2) is 0 Å². The zero-order valence-corrected chi connectivity index (χ0v) is 35.4. The minimum Gasteiger partial charge on any atom is -0.456 e. The van der Waals surface area contributed by atoms with Gasteiger partial charge in [0.2, 0.25) is 0 Å². The molecule has 9 aromatic carbocycles. The van der Waals surface area contributed by atoms with E-state index < -0.39 is 0 Å². The summed E-state index contributed by atoms with van der Waals surface area (Å²) in [6, 6.07) is 73.7. The SMILES string of the molecule is CC1(C)c2ccc(-c3cccc(N(c4ccc(-c5ccc6oc7ccccc7c6c5)cc4)c4cccc5c4-c4ccccc4C5(C)C)c3)cc2-c2ccc(-c3ccccc3)cc21. The first-order valence-corrected chi connectivity index (χ1v) is 21.7. The molecule has 0 aliphatic heterocycles. The summed E-state index contributed by atoms with van der Waals surface area (Å²) < 4.78 is 6.17. The minimum absolute atomic E-state index is 0.103. The van der Waals surface area contributed by atoms with Gasteiger partial charge in [0, 0.05) is 38.5 Å². The Balaban J connectivity index is 0.983. The second-order valence-corrected chi connectivity index (χ2v) is 18.1. The molecule has 10 aromatic rings. The van der Waals surface area contributed by atoms with E-state index >= 15 is 0 Å². The number of hydrogen-bond donors (Lipinski definition) is 0. The predicted octanol–water partition coefficient (Wildman–Crippen LogP) is 16.7. The molecule has 296 valence electrons. The van der Waals surface area contributed by atoms with Crippen LogP contribution in [0.25, 0.3) is 77.6 Å². The molecule has 1 aromatic heterocycles. The van der Waals surface area contributed by atoms with Crippen LogP contribution in [0.15, 0.2) is 205 Å². The van der Waals surface area contributed by atoms with Crippen LogP contribution in [-0.4, -0.2) is 0 Å². The molecule has 62 heavy (non-hydrogen) atoms. The Bertz CT molecular complexity index is 3400. The maximum absolute atomic E-state index is 6.17. The maximum atomic E-state index is 6.17. The van der Waals surface area contributed by atoms with Gasteiger partial charge in [-0.2, -0.15) is 0 Å². The lowest BCUT2D eigenvalue weighted by Gasteiger charge is -2.29. The van der Waals surface area contributed by atoms with Crippen LogP contribution in [0.5, 0.6) is 0 Å². The van der Waals surface area contributed by atoms with E-state index in [0.717, 1.165) is 44.4 Å². The molecule has 12 rings (SSSR count). The molecule has 0 amide bonds. The molecular formula is C60H45NO. The Hall–Kier alpha value is -7.42. The molecule has 1 heterocycles. The monoisotopic (exact) mass is 795 g/mol. The van der Waals surface area contributed by atoms with Gasteiger partial charge < -0.3 is 9.32 Å². The third-order valence-corrected chi connectivity index (χ3v) is 13.9. The normalized spacial score (nSPS) is 14.1. The summed E-state index contributed by atoms with van der Waals surface area (Å²) in [4.78, 5) is 2.47. The molecule has 2 aliphatic carbocycles. The number of para-hydroxylation sites is 1. The molecule has 0 bridgehead atoms. The number of anilines is 3. The zero-order valence-electron chi connectivity index (χ0n) is 35.4. The molecular weight excluding hydrogens is 751 g/mol. The highest BCUT2D eigenvalue weighted by Crippen LogP contribution is 2.55. The Morgan fingerprint density at radius 2 is 0.935 bits per heavy atom. The van der Waals surface area contributed by atoms with E-state index in [1.165, 1.54) is 72.4 Å². The van der Waals surface area contributed by atoms with Crippen molar-refractivity contribution in [1.82, 2.24) is 0 Å². The van der Waals surface area contributed by atoms with E-state index in [2.05, 4.69) is 221 Å². The Morgan fingerprint density at radius 3 is 1.81 bits per heavy atom. The number of hydrogen-bond acceptors (Lipinski definition) is 2. The fraction of sp³-hybridized carbons (Fsp3) is 0.100. The zero-order chi connectivity index (χ0) is 41.7. The lowest BCUT2D eigenvalue weighted by Crippen LogP contribution is -2.16. The molecule has 0 unspecified atom stereocenters. The van der Waals surface area contributed by atoms with Crippen LogP contribution in [0.2, 0.25) is 0 Å². The largest absolute Gasteiger partial charge is 0.456 e. The first-order chi connectivity index (χ1) is 30.2. The summed E-state index contributed by atoms with van der Waals surface area (Å²) >= 11 is 0. The quantitative estimate of drug-likeness (QED) is 0.167. The molecule has 0 saturated carbocycles. The fourth-order valence-electron chi connectivity index (χ4n) is 10.6. The first kappa shape index (κ1) is 36.4. The summed E-state index contributed by atoms with van der Waals surface area (Å²) in [5.41, 5.74) is 23.0. The molecule has 0 atom stereocenters. The van der Waals surface area contributed by atoms with Gasteiger partial charge in [-0.15, -0.1) is 0 Å². The molecule has 0 saturated heterocycles. The summed E-state index contributed by atoms with van der Waals surface area (Å²) in [6.07, 6.45) is 0. The fourth-order valence-corrected chi connectivity index (χ4v) is 10.6. The average Bonchev–Trinajstić information content (AvgIpc) is 3.89. The van der Waals surface area contributed by atoms with Crippen LogP contribution in [0.4, 0.5) is 17.1 Å². The Labute approximate surface area is 363 Å². The molecule has 0 radical (unpaired) electrons. The van der Waals surface area contributed by atoms with Crippen molar-refractivity contribution in [3.63, 3.8) is 0 Å². The predicted molar refractivity (Wildman–Crippen MR) is 260 cm³/mol. The van der Waals surface area contributed by atoms with E-state index in [1.54, 1.807) is 0 Å². The summed E-state index contributed by atoms with van der Waals surface area (Å²) in [7, 11) is 0. The van der Waals surface area contributed by atoms with Crippen molar-refractivity contribution in [2.24, 2.45) is 0 Å². The Kier molecular flexibility index (Phi) is 7.96. The number of furan rings is 1. The average molecular weight is 796 g/mol. The van der Waals surface area contributed by atoms with Crippen molar-refractivity contribution in [1.29, 1.82) is 0 Å². The molecule has 2 heteroatoms. The maximum Gasteiger partial charge on any atom is 0.135 e. The van der Waals surface area contributed by atoms with Crippen LogP contribution in [0.1, 0.15) is 49.9 Å². The third kappa shape index (κ3) is 5.49. The van der Waals surface area contributed by atoms with Crippen molar-refractivity contribution in [3.8, 4) is 55.6 Å². The van der Waals surface area contributed by atoms with Crippen LogP contribution in [-0.2, 0) is 10.8 Å². The van der Waals surface area contributed by atoms with Crippen molar-refractivity contribution in [2.45, 2.75) is 38.5 Å². The highest BCUT2D eigenvalue weighted by molar-refractivity contribution is 6.06. The highest BCUT2D eigenvalue weighted by atomic mass is 16.3. The lowest BCUT2D eigenvalue weighted by atomic mass is 9.81. The number of fused-ring (bicyclic) bond motifs is 9. The first-order valence-electron chi connectivity index (χ1n) is 21.7.